The Morgan fingerprint density at radius 2 is 1.87 bits per heavy atom. The number of hydrogen-bond acceptors (Lipinski definition) is 2. The molecule has 0 aromatic carbocycles. The molecule has 0 spiro atoms. The SMILES string of the molecule is C=C(C)C1C2=C(CCC(C)(C)C2)SC1C1=CC(C(F)(F)F)=CCC1(C)N1CCCC1. The van der Waals surface area contributed by atoms with Gasteiger partial charge in [-0.3, -0.25) is 4.90 Å². The van der Waals surface area contributed by atoms with Gasteiger partial charge in [0, 0.05) is 16.7 Å². The Kier molecular flexibility index (Phi) is 5.63. The number of allylic oxidation sites excluding steroid dienone is 5. The summed E-state index contributed by atoms with van der Waals surface area (Å²) < 4.78 is 41.2. The number of hydrogen-bond donors (Lipinski definition) is 0. The highest BCUT2D eigenvalue weighted by Gasteiger charge is 2.50. The predicted molar refractivity (Wildman–Crippen MR) is 120 cm³/mol. The second-order valence-corrected chi connectivity index (χ2v) is 11.8. The first-order valence-electron chi connectivity index (χ1n) is 11.2. The largest absolute Gasteiger partial charge is 0.416 e. The van der Waals surface area contributed by atoms with Crippen molar-refractivity contribution in [3.63, 3.8) is 0 Å². The molecule has 1 nitrogen and oxygen atoms in total. The summed E-state index contributed by atoms with van der Waals surface area (Å²) >= 11 is 1.84. The fraction of sp³-hybridized carbons (Fsp3) is 0.680. The lowest BCUT2D eigenvalue weighted by Gasteiger charge is -2.46. The van der Waals surface area contributed by atoms with Gasteiger partial charge in [-0.05, 0) is 87.4 Å². The van der Waals surface area contributed by atoms with Crippen LogP contribution in [0.5, 0.6) is 0 Å². The maximum Gasteiger partial charge on any atom is 0.416 e. The van der Waals surface area contributed by atoms with E-state index in [0.717, 1.165) is 56.3 Å². The molecule has 1 fully saturated rings. The van der Waals surface area contributed by atoms with E-state index in [1.54, 1.807) is 0 Å². The maximum atomic E-state index is 13.7. The van der Waals surface area contributed by atoms with E-state index in [2.05, 4.69) is 39.2 Å². The molecule has 5 heteroatoms. The van der Waals surface area contributed by atoms with Gasteiger partial charge in [-0.1, -0.05) is 37.6 Å². The maximum absolute atomic E-state index is 13.7. The van der Waals surface area contributed by atoms with Crippen LogP contribution in [0.2, 0.25) is 0 Å². The quantitative estimate of drug-likeness (QED) is 0.422. The fourth-order valence-corrected chi connectivity index (χ4v) is 7.71. The van der Waals surface area contributed by atoms with E-state index in [9.17, 15) is 13.2 Å². The van der Waals surface area contributed by atoms with E-state index in [1.165, 1.54) is 22.6 Å². The molecule has 3 unspecified atom stereocenters. The fourth-order valence-electron chi connectivity index (χ4n) is 5.85. The Balaban J connectivity index is 1.77. The van der Waals surface area contributed by atoms with Crippen LogP contribution in [0, 0.1) is 11.3 Å². The molecule has 3 atom stereocenters. The molecule has 30 heavy (non-hydrogen) atoms. The van der Waals surface area contributed by atoms with Crippen LogP contribution in [0.1, 0.15) is 66.2 Å². The second-order valence-electron chi connectivity index (χ2n) is 10.6. The Hall–Kier alpha value is -0.940. The Bertz CT molecular complexity index is 826. The molecule has 0 amide bonds. The van der Waals surface area contributed by atoms with Gasteiger partial charge in [0.05, 0.1) is 5.57 Å². The molecule has 166 valence electrons. The third-order valence-corrected chi connectivity index (χ3v) is 9.16. The van der Waals surface area contributed by atoms with Crippen molar-refractivity contribution in [3.8, 4) is 0 Å². The molecule has 1 saturated heterocycles. The molecular formula is C25H34F3NS. The van der Waals surface area contributed by atoms with Crippen molar-refractivity contribution >= 4 is 11.8 Å². The molecule has 0 radical (unpaired) electrons. The number of nitrogens with zero attached hydrogens (tertiary/aromatic N) is 1. The van der Waals surface area contributed by atoms with Gasteiger partial charge in [-0.2, -0.15) is 13.2 Å². The van der Waals surface area contributed by atoms with Gasteiger partial charge in [0.1, 0.15) is 0 Å². The highest BCUT2D eigenvalue weighted by atomic mass is 32.2. The first-order chi connectivity index (χ1) is 13.9. The molecular weight excluding hydrogens is 403 g/mol. The van der Waals surface area contributed by atoms with Crippen LogP contribution in [0.3, 0.4) is 0 Å². The molecule has 0 N–H and O–H groups in total. The van der Waals surface area contributed by atoms with Crippen LogP contribution in [-0.4, -0.2) is 35.0 Å². The third-order valence-electron chi connectivity index (χ3n) is 7.62. The summed E-state index contributed by atoms with van der Waals surface area (Å²) in [6.45, 7) is 15.1. The lowest BCUT2D eigenvalue weighted by atomic mass is 9.69. The lowest BCUT2D eigenvalue weighted by Crippen LogP contribution is -2.50. The molecule has 0 aromatic rings. The monoisotopic (exact) mass is 437 g/mol. The summed E-state index contributed by atoms with van der Waals surface area (Å²) in [6.07, 6.45) is 4.53. The third kappa shape index (κ3) is 3.85. The minimum atomic E-state index is -4.30. The highest BCUT2D eigenvalue weighted by Crippen LogP contribution is 2.59. The van der Waals surface area contributed by atoms with Crippen LogP contribution in [0.15, 0.2) is 45.9 Å². The first-order valence-corrected chi connectivity index (χ1v) is 12.1. The van der Waals surface area contributed by atoms with Gasteiger partial charge < -0.3 is 0 Å². The second kappa shape index (κ2) is 7.58. The van der Waals surface area contributed by atoms with Crippen LogP contribution in [0.25, 0.3) is 0 Å². The van der Waals surface area contributed by atoms with Crippen molar-refractivity contribution < 1.29 is 13.2 Å². The zero-order valence-electron chi connectivity index (χ0n) is 18.7. The van der Waals surface area contributed by atoms with Crippen molar-refractivity contribution in [1.82, 2.24) is 4.90 Å². The van der Waals surface area contributed by atoms with Crippen molar-refractivity contribution in [3.05, 3.63) is 45.9 Å². The Morgan fingerprint density at radius 1 is 1.20 bits per heavy atom. The molecule has 2 aliphatic carbocycles. The molecule has 0 saturated carbocycles. The average Bonchev–Trinajstić information content (AvgIpc) is 3.27. The van der Waals surface area contributed by atoms with Crippen molar-refractivity contribution in [2.45, 2.75) is 83.2 Å². The number of rotatable bonds is 3. The Morgan fingerprint density at radius 3 is 2.47 bits per heavy atom. The molecule has 2 aliphatic heterocycles. The minimum Gasteiger partial charge on any atom is -0.294 e. The summed E-state index contributed by atoms with van der Waals surface area (Å²) in [5.74, 6) is 0.144. The van der Waals surface area contributed by atoms with Gasteiger partial charge in [0.15, 0.2) is 0 Å². The first kappa shape index (κ1) is 22.3. The lowest BCUT2D eigenvalue weighted by molar-refractivity contribution is -0.0891. The summed E-state index contributed by atoms with van der Waals surface area (Å²) in [5, 5.41) is 0.0260. The number of halogens is 3. The van der Waals surface area contributed by atoms with Gasteiger partial charge in [0.2, 0.25) is 0 Å². The summed E-state index contributed by atoms with van der Waals surface area (Å²) in [6, 6.07) is 0. The van der Waals surface area contributed by atoms with Crippen LogP contribution in [-0.2, 0) is 0 Å². The molecule has 4 rings (SSSR count). The van der Waals surface area contributed by atoms with E-state index in [-0.39, 0.29) is 22.1 Å². The summed E-state index contributed by atoms with van der Waals surface area (Å²) in [7, 11) is 0. The smallest absolute Gasteiger partial charge is 0.294 e. The summed E-state index contributed by atoms with van der Waals surface area (Å²) in [4.78, 5) is 3.85. The highest BCUT2D eigenvalue weighted by molar-refractivity contribution is 8.04. The van der Waals surface area contributed by atoms with Crippen LogP contribution in [0.4, 0.5) is 13.2 Å². The minimum absolute atomic E-state index is 0.0260. The molecule has 2 heterocycles. The van der Waals surface area contributed by atoms with Crippen molar-refractivity contribution in [2.24, 2.45) is 11.3 Å². The molecule has 0 bridgehead atoms. The van der Waals surface area contributed by atoms with E-state index >= 15 is 0 Å². The zero-order chi connectivity index (χ0) is 21.9. The number of alkyl halides is 3. The predicted octanol–water partition coefficient (Wildman–Crippen LogP) is 7.43. The summed E-state index contributed by atoms with van der Waals surface area (Å²) in [5.41, 5.74) is 2.92. The van der Waals surface area contributed by atoms with E-state index in [1.807, 2.05) is 11.8 Å². The van der Waals surface area contributed by atoms with Crippen molar-refractivity contribution in [2.75, 3.05) is 13.1 Å². The van der Waals surface area contributed by atoms with E-state index in [0.29, 0.717) is 6.42 Å². The van der Waals surface area contributed by atoms with E-state index in [4.69, 9.17) is 0 Å². The molecule has 0 aromatic heterocycles. The van der Waals surface area contributed by atoms with E-state index < -0.39 is 11.7 Å². The Labute approximate surface area is 183 Å². The average molecular weight is 438 g/mol. The van der Waals surface area contributed by atoms with Gasteiger partial charge in [-0.25, -0.2) is 0 Å². The number of likely N-dealkylation sites (tertiary alicyclic amines) is 1. The normalized spacial score (nSPS) is 34.6. The van der Waals surface area contributed by atoms with Crippen LogP contribution < -0.4 is 0 Å². The van der Waals surface area contributed by atoms with Crippen molar-refractivity contribution in [1.29, 1.82) is 0 Å². The van der Waals surface area contributed by atoms with Crippen LogP contribution >= 0.6 is 11.8 Å². The topological polar surface area (TPSA) is 3.24 Å². The zero-order valence-corrected chi connectivity index (χ0v) is 19.5. The van der Waals surface area contributed by atoms with Gasteiger partial charge in [-0.15, -0.1) is 11.8 Å². The van der Waals surface area contributed by atoms with Gasteiger partial charge in [0.25, 0.3) is 0 Å². The standard InChI is InChI=1S/C25H34F3NS/c1-16(2)21-18-15-23(3,4)10-9-20(18)30-22(21)19-14-17(25(26,27)28)8-11-24(19,5)29-12-6-7-13-29/h8,14,21-22H,1,6-7,9-13,15H2,2-5H3. The molecule has 4 aliphatic rings. The number of thioether (sulfide) groups is 1. The van der Waals surface area contributed by atoms with Gasteiger partial charge >= 0.3 is 6.18 Å².